The Hall–Kier alpha value is -1.91. The van der Waals surface area contributed by atoms with Crippen LogP contribution in [-0.2, 0) is 4.79 Å². The number of carbonyl (C=O) groups is 2. The first-order valence-corrected chi connectivity index (χ1v) is 8.73. The molecule has 128 valence electrons. The summed E-state index contributed by atoms with van der Waals surface area (Å²) in [6.07, 6.45) is 14.5. The Morgan fingerprint density at radius 2 is 1.43 bits per heavy atom. The van der Waals surface area contributed by atoms with E-state index in [0.29, 0.717) is 12.0 Å². The number of rotatable bonds is 11. The van der Waals surface area contributed by atoms with Gasteiger partial charge in [0.25, 0.3) is 5.91 Å². The topological polar surface area (TPSA) is 71.1 Å². The highest BCUT2D eigenvalue weighted by Crippen LogP contribution is 2.10. The second-order valence-corrected chi connectivity index (χ2v) is 5.82. The number of aromatic nitrogens is 1. The second kappa shape index (κ2) is 12.6. The molecular weight excluding hydrogens is 290 g/mol. The third-order valence-corrected chi connectivity index (χ3v) is 3.77. The molecule has 0 spiro atoms. The molecule has 0 aromatic carbocycles. The lowest BCUT2D eigenvalue weighted by Gasteiger charge is -2.07. The quantitative estimate of drug-likeness (QED) is 0.482. The van der Waals surface area contributed by atoms with Crippen LogP contribution in [0.4, 0.5) is 0 Å². The summed E-state index contributed by atoms with van der Waals surface area (Å²) in [5.74, 6) is -0.469. The molecule has 1 aromatic rings. The first-order valence-electron chi connectivity index (χ1n) is 8.73. The van der Waals surface area contributed by atoms with Gasteiger partial charge >= 0.3 is 0 Å². The highest BCUT2D eigenvalue weighted by atomic mass is 16.2. The fourth-order valence-electron chi connectivity index (χ4n) is 2.36. The molecule has 0 saturated carbocycles. The minimum atomic E-state index is -0.326. The Balaban J connectivity index is 1.97. The SMILES string of the molecule is CCCCCCCCCCCC(=O)NNC(=O)c1ccncc1. The first kappa shape index (κ1) is 19.1. The zero-order valence-electron chi connectivity index (χ0n) is 14.1. The van der Waals surface area contributed by atoms with Crippen molar-refractivity contribution in [1.29, 1.82) is 0 Å². The minimum absolute atomic E-state index is 0.143. The molecule has 0 saturated heterocycles. The van der Waals surface area contributed by atoms with E-state index in [1.807, 2.05) is 0 Å². The van der Waals surface area contributed by atoms with Crippen LogP contribution in [0.1, 0.15) is 81.5 Å². The summed E-state index contributed by atoms with van der Waals surface area (Å²) in [6.45, 7) is 2.23. The van der Waals surface area contributed by atoms with Gasteiger partial charge in [0.2, 0.25) is 5.91 Å². The standard InChI is InChI=1S/C18H29N3O2/c1-2-3-4-5-6-7-8-9-10-11-17(22)20-21-18(23)16-12-14-19-15-13-16/h12-15H,2-11H2,1H3,(H,20,22)(H,21,23). The van der Waals surface area contributed by atoms with Gasteiger partial charge in [-0.25, -0.2) is 0 Å². The Morgan fingerprint density at radius 1 is 0.870 bits per heavy atom. The summed E-state index contributed by atoms with van der Waals surface area (Å²) in [4.78, 5) is 27.2. The van der Waals surface area contributed by atoms with Crippen molar-refractivity contribution in [3.05, 3.63) is 30.1 Å². The van der Waals surface area contributed by atoms with Crippen molar-refractivity contribution in [3.63, 3.8) is 0 Å². The first-order chi connectivity index (χ1) is 11.2. The minimum Gasteiger partial charge on any atom is -0.273 e. The van der Waals surface area contributed by atoms with E-state index in [2.05, 4.69) is 22.8 Å². The largest absolute Gasteiger partial charge is 0.273 e. The van der Waals surface area contributed by atoms with Crippen molar-refractivity contribution in [2.75, 3.05) is 0 Å². The van der Waals surface area contributed by atoms with Gasteiger partial charge in [0.05, 0.1) is 0 Å². The lowest BCUT2D eigenvalue weighted by molar-refractivity contribution is -0.122. The van der Waals surface area contributed by atoms with Crippen molar-refractivity contribution in [2.24, 2.45) is 0 Å². The zero-order chi connectivity index (χ0) is 16.8. The fraction of sp³-hybridized carbons (Fsp3) is 0.611. The maximum atomic E-state index is 11.7. The molecule has 23 heavy (non-hydrogen) atoms. The van der Waals surface area contributed by atoms with Crippen LogP contribution < -0.4 is 10.9 Å². The Labute approximate surface area is 139 Å². The molecule has 5 nitrogen and oxygen atoms in total. The fourth-order valence-corrected chi connectivity index (χ4v) is 2.36. The van der Waals surface area contributed by atoms with Crippen LogP contribution in [0, 0.1) is 0 Å². The van der Waals surface area contributed by atoms with Crippen LogP contribution in [0.15, 0.2) is 24.5 Å². The molecule has 5 heteroatoms. The molecule has 2 N–H and O–H groups in total. The Bertz CT molecular complexity index is 449. The van der Waals surface area contributed by atoms with Crippen LogP contribution in [0.25, 0.3) is 0 Å². The maximum Gasteiger partial charge on any atom is 0.269 e. The van der Waals surface area contributed by atoms with Gasteiger partial charge in [-0.3, -0.25) is 25.4 Å². The number of carbonyl (C=O) groups excluding carboxylic acids is 2. The maximum absolute atomic E-state index is 11.7. The second-order valence-electron chi connectivity index (χ2n) is 5.82. The summed E-state index contributed by atoms with van der Waals surface area (Å²) in [7, 11) is 0. The molecule has 1 rings (SSSR count). The number of hydrogen-bond donors (Lipinski definition) is 2. The van der Waals surface area contributed by atoms with Crippen molar-refractivity contribution in [3.8, 4) is 0 Å². The molecule has 1 heterocycles. The van der Waals surface area contributed by atoms with E-state index >= 15 is 0 Å². The zero-order valence-corrected chi connectivity index (χ0v) is 14.1. The highest BCUT2D eigenvalue weighted by Gasteiger charge is 2.06. The van der Waals surface area contributed by atoms with Crippen molar-refractivity contribution in [2.45, 2.75) is 71.1 Å². The molecule has 0 atom stereocenters. The number of hydrogen-bond acceptors (Lipinski definition) is 3. The summed E-state index contributed by atoms with van der Waals surface area (Å²) in [6, 6.07) is 3.20. The van der Waals surface area contributed by atoms with Gasteiger partial charge in [0.15, 0.2) is 0 Å². The van der Waals surface area contributed by atoms with Crippen LogP contribution >= 0.6 is 0 Å². The highest BCUT2D eigenvalue weighted by molar-refractivity contribution is 5.95. The van der Waals surface area contributed by atoms with Crippen LogP contribution in [0.3, 0.4) is 0 Å². The molecule has 0 aliphatic carbocycles. The van der Waals surface area contributed by atoms with Gasteiger partial charge in [-0.1, -0.05) is 58.3 Å². The van der Waals surface area contributed by atoms with Crippen molar-refractivity contribution < 1.29 is 9.59 Å². The lowest BCUT2D eigenvalue weighted by atomic mass is 10.1. The third kappa shape index (κ3) is 9.66. The summed E-state index contributed by atoms with van der Waals surface area (Å²) < 4.78 is 0. The molecule has 0 radical (unpaired) electrons. The van der Waals surface area contributed by atoms with E-state index < -0.39 is 0 Å². The molecule has 0 fully saturated rings. The lowest BCUT2D eigenvalue weighted by Crippen LogP contribution is -2.41. The third-order valence-electron chi connectivity index (χ3n) is 3.77. The van der Waals surface area contributed by atoms with Gasteiger partial charge in [0, 0.05) is 24.4 Å². The van der Waals surface area contributed by atoms with E-state index in [0.717, 1.165) is 12.8 Å². The average molecular weight is 319 g/mol. The molecule has 0 unspecified atom stereocenters. The summed E-state index contributed by atoms with van der Waals surface area (Å²) in [5, 5.41) is 0. The van der Waals surface area contributed by atoms with E-state index in [1.165, 1.54) is 44.9 Å². The monoisotopic (exact) mass is 319 g/mol. The predicted molar refractivity (Wildman–Crippen MR) is 91.7 cm³/mol. The van der Waals surface area contributed by atoms with Gasteiger partial charge in [-0.15, -0.1) is 0 Å². The molecule has 1 aromatic heterocycles. The smallest absolute Gasteiger partial charge is 0.269 e. The number of amides is 2. The molecular formula is C18H29N3O2. The van der Waals surface area contributed by atoms with E-state index in [9.17, 15) is 9.59 Å². The van der Waals surface area contributed by atoms with Gasteiger partial charge < -0.3 is 0 Å². The van der Waals surface area contributed by atoms with Crippen molar-refractivity contribution in [1.82, 2.24) is 15.8 Å². The molecule has 0 aliphatic heterocycles. The average Bonchev–Trinajstić information content (AvgIpc) is 2.59. The molecule has 0 aliphatic rings. The number of unbranched alkanes of at least 4 members (excludes halogenated alkanes) is 8. The number of hydrazine groups is 1. The Morgan fingerprint density at radius 3 is 2.04 bits per heavy atom. The summed E-state index contributed by atoms with van der Waals surface area (Å²) in [5.41, 5.74) is 5.34. The predicted octanol–water partition coefficient (Wildman–Crippen LogP) is 3.76. The van der Waals surface area contributed by atoms with Crippen LogP contribution in [0.5, 0.6) is 0 Å². The van der Waals surface area contributed by atoms with Gasteiger partial charge in [-0.2, -0.15) is 0 Å². The normalized spacial score (nSPS) is 10.3. The number of nitrogens with one attached hydrogen (secondary N) is 2. The van der Waals surface area contributed by atoms with Crippen molar-refractivity contribution >= 4 is 11.8 Å². The van der Waals surface area contributed by atoms with E-state index in [1.54, 1.807) is 24.5 Å². The molecule has 0 bridgehead atoms. The van der Waals surface area contributed by atoms with E-state index in [4.69, 9.17) is 0 Å². The van der Waals surface area contributed by atoms with E-state index in [-0.39, 0.29) is 11.8 Å². The Kier molecular flexibility index (Phi) is 10.5. The van der Waals surface area contributed by atoms with Gasteiger partial charge in [0.1, 0.15) is 0 Å². The van der Waals surface area contributed by atoms with Crippen LogP contribution in [0.2, 0.25) is 0 Å². The number of nitrogens with zero attached hydrogens (tertiary/aromatic N) is 1. The van der Waals surface area contributed by atoms with Gasteiger partial charge in [-0.05, 0) is 18.6 Å². The number of pyridine rings is 1. The summed E-state index contributed by atoms with van der Waals surface area (Å²) >= 11 is 0. The molecule has 2 amide bonds. The van der Waals surface area contributed by atoms with Crippen LogP contribution in [-0.4, -0.2) is 16.8 Å².